The van der Waals surface area contributed by atoms with Gasteiger partial charge in [0.25, 0.3) is 5.91 Å². The van der Waals surface area contributed by atoms with Crippen LogP contribution in [0, 0.1) is 0 Å². The van der Waals surface area contributed by atoms with Crippen molar-refractivity contribution in [2.75, 3.05) is 13.2 Å². The lowest BCUT2D eigenvalue weighted by Gasteiger charge is -2.21. The zero-order valence-electron chi connectivity index (χ0n) is 10.3. The summed E-state index contributed by atoms with van der Waals surface area (Å²) in [5, 5.41) is 7.82. The molecule has 0 amide bonds. The molecule has 1 saturated heterocycles. The van der Waals surface area contributed by atoms with E-state index >= 15 is 0 Å². The highest BCUT2D eigenvalue weighted by atomic mass is 16.7. The zero-order valence-corrected chi connectivity index (χ0v) is 10.3. The Bertz CT molecular complexity index is 629. The van der Waals surface area contributed by atoms with Crippen molar-refractivity contribution in [2.24, 2.45) is 0 Å². The number of carbonyl (C=O) groups is 1. The van der Waals surface area contributed by atoms with Crippen LogP contribution >= 0.6 is 0 Å². The lowest BCUT2D eigenvalue weighted by atomic mass is 10.2. The lowest BCUT2D eigenvalue weighted by Crippen LogP contribution is -2.32. The monoisotopic (exact) mass is 259 g/mol. The van der Waals surface area contributed by atoms with Crippen molar-refractivity contribution in [1.82, 2.24) is 15.0 Å². The van der Waals surface area contributed by atoms with Gasteiger partial charge in [0.05, 0.1) is 25.2 Å². The van der Waals surface area contributed by atoms with Gasteiger partial charge in [-0.05, 0) is 18.2 Å². The first-order chi connectivity index (χ1) is 9.24. The molecule has 19 heavy (non-hydrogen) atoms. The van der Waals surface area contributed by atoms with E-state index in [0.29, 0.717) is 24.2 Å². The Hall–Kier alpha value is -2.05. The molecular weight excluding hydrogens is 246 g/mol. The molecule has 1 aromatic heterocycles. The summed E-state index contributed by atoms with van der Waals surface area (Å²) in [5.41, 5.74) is 1.35. The van der Waals surface area contributed by atoms with E-state index in [1.54, 1.807) is 12.1 Å². The van der Waals surface area contributed by atoms with Gasteiger partial charge in [-0.2, -0.15) is 4.68 Å². The Morgan fingerprint density at radius 1 is 1.42 bits per heavy atom. The van der Waals surface area contributed by atoms with Crippen LogP contribution in [0.5, 0.6) is 0 Å². The maximum Gasteiger partial charge on any atom is 0.254 e. The minimum atomic E-state index is -1.04. The Kier molecular flexibility index (Phi) is 2.88. The second-order valence-electron chi connectivity index (χ2n) is 4.27. The van der Waals surface area contributed by atoms with Gasteiger partial charge in [-0.25, -0.2) is 0 Å². The summed E-state index contributed by atoms with van der Waals surface area (Å²) in [5.74, 6) is -1.28. The molecule has 98 valence electrons. The SMILES string of the molecule is C=CC1(CC(=O)n2nnc3ccccc32)OCCO1. The van der Waals surface area contributed by atoms with E-state index in [1.807, 2.05) is 12.1 Å². The number of nitrogens with zero attached hydrogens (tertiary/aromatic N) is 3. The summed E-state index contributed by atoms with van der Waals surface area (Å²) in [6.07, 6.45) is 1.54. The molecule has 6 nitrogen and oxygen atoms in total. The summed E-state index contributed by atoms with van der Waals surface area (Å²) < 4.78 is 12.2. The van der Waals surface area contributed by atoms with E-state index in [9.17, 15) is 4.79 Å². The average molecular weight is 259 g/mol. The molecule has 1 aliphatic rings. The number of aromatic nitrogens is 3. The predicted octanol–water partition coefficient (Wildman–Crippen LogP) is 1.39. The molecule has 1 aliphatic heterocycles. The van der Waals surface area contributed by atoms with E-state index in [1.165, 1.54) is 10.8 Å². The number of fused-ring (bicyclic) bond motifs is 1. The first-order valence-electron chi connectivity index (χ1n) is 5.99. The normalized spacial score (nSPS) is 17.7. The van der Waals surface area contributed by atoms with Crippen LogP contribution in [0.1, 0.15) is 11.2 Å². The van der Waals surface area contributed by atoms with Crippen molar-refractivity contribution < 1.29 is 14.3 Å². The highest BCUT2D eigenvalue weighted by Gasteiger charge is 2.36. The third-order valence-electron chi connectivity index (χ3n) is 3.07. The second kappa shape index (κ2) is 4.56. The van der Waals surface area contributed by atoms with Gasteiger partial charge in [0.2, 0.25) is 0 Å². The minimum absolute atomic E-state index is 0.0316. The van der Waals surface area contributed by atoms with Crippen molar-refractivity contribution in [3.8, 4) is 0 Å². The van der Waals surface area contributed by atoms with E-state index in [2.05, 4.69) is 16.9 Å². The molecule has 2 aromatic rings. The molecule has 0 radical (unpaired) electrons. The molecule has 0 N–H and O–H groups in total. The number of hydrogen-bond donors (Lipinski definition) is 0. The molecule has 2 heterocycles. The van der Waals surface area contributed by atoms with Crippen LogP contribution in [-0.4, -0.2) is 39.9 Å². The Balaban J connectivity index is 1.90. The van der Waals surface area contributed by atoms with Gasteiger partial charge in [-0.3, -0.25) is 4.79 Å². The maximum atomic E-state index is 12.3. The van der Waals surface area contributed by atoms with Crippen LogP contribution < -0.4 is 0 Å². The van der Waals surface area contributed by atoms with Crippen molar-refractivity contribution in [2.45, 2.75) is 12.2 Å². The minimum Gasteiger partial charge on any atom is -0.343 e. The van der Waals surface area contributed by atoms with Crippen molar-refractivity contribution in [3.05, 3.63) is 36.9 Å². The van der Waals surface area contributed by atoms with Crippen LogP contribution in [0.15, 0.2) is 36.9 Å². The number of carbonyl (C=O) groups excluding carboxylic acids is 1. The van der Waals surface area contributed by atoms with Gasteiger partial charge in [0.15, 0.2) is 5.79 Å². The average Bonchev–Trinajstić information content (AvgIpc) is 3.05. The van der Waals surface area contributed by atoms with Gasteiger partial charge in [-0.15, -0.1) is 5.10 Å². The third kappa shape index (κ3) is 2.05. The molecule has 0 bridgehead atoms. The summed E-state index contributed by atoms with van der Waals surface area (Å²) in [7, 11) is 0. The number of benzene rings is 1. The quantitative estimate of drug-likeness (QED) is 0.779. The van der Waals surface area contributed by atoms with Crippen molar-refractivity contribution >= 4 is 16.9 Å². The second-order valence-corrected chi connectivity index (χ2v) is 4.27. The number of ether oxygens (including phenoxy) is 2. The van der Waals surface area contributed by atoms with Gasteiger partial charge in [0.1, 0.15) is 5.52 Å². The molecule has 3 rings (SSSR count). The highest BCUT2D eigenvalue weighted by Crippen LogP contribution is 2.25. The van der Waals surface area contributed by atoms with Crippen LogP contribution in [0.2, 0.25) is 0 Å². The fraction of sp³-hybridized carbons (Fsp3) is 0.308. The van der Waals surface area contributed by atoms with Gasteiger partial charge >= 0.3 is 0 Å². The van der Waals surface area contributed by atoms with Gasteiger partial charge in [-0.1, -0.05) is 23.9 Å². The standard InChI is InChI=1S/C13H13N3O3/c1-2-13(18-7-8-19-13)9-12(17)16-11-6-4-3-5-10(11)14-15-16/h2-6H,1,7-9H2. The topological polar surface area (TPSA) is 66.2 Å². The van der Waals surface area contributed by atoms with Crippen LogP contribution in [-0.2, 0) is 9.47 Å². The molecule has 0 saturated carbocycles. The molecule has 0 spiro atoms. The summed E-state index contributed by atoms with van der Waals surface area (Å²) in [6.45, 7) is 4.58. The van der Waals surface area contributed by atoms with Gasteiger partial charge in [0, 0.05) is 0 Å². The summed E-state index contributed by atoms with van der Waals surface area (Å²) in [4.78, 5) is 12.3. The summed E-state index contributed by atoms with van der Waals surface area (Å²) >= 11 is 0. The third-order valence-corrected chi connectivity index (χ3v) is 3.07. The van der Waals surface area contributed by atoms with Crippen LogP contribution in [0.4, 0.5) is 0 Å². The van der Waals surface area contributed by atoms with E-state index < -0.39 is 5.79 Å². The molecule has 1 aromatic carbocycles. The fourth-order valence-electron chi connectivity index (χ4n) is 2.10. The lowest BCUT2D eigenvalue weighted by molar-refractivity contribution is -0.114. The van der Waals surface area contributed by atoms with Crippen molar-refractivity contribution in [1.29, 1.82) is 0 Å². The fourth-order valence-corrected chi connectivity index (χ4v) is 2.10. The number of rotatable bonds is 3. The predicted molar refractivity (Wildman–Crippen MR) is 67.6 cm³/mol. The summed E-state index contributed by atoms with van der Waals surface area (Å²) in [6, 6.07) is 7.28. The first kappa shape index (κ1) is 12.0. The number of hydrogen-bond acceptors (Lipinski definition) is 5. The van der Waals surface area contributed by atoms with Gasteiger partial charge < -0.3 is 9.47 Å². The molecule has 6 heteroatoms. The largest absolute Gasteiger partial charge is 0.343 e. The van der Waals surface area contributed by atoms with Crippen molar-refractivity contribution in [3.63, 3.8) is 0 Å². The smallest absolute Gasteiger partial charge is 0.254 e. The number of para-hydroxylation sites is 1. The molecule has 0 atom stereocenters. The Morgan fingerprint density at radius 3 is 2.89 bits per heavy atom. The maximum absolute atomic E-state index is 12.3. The Labute approximate surface area is 109 Å². The first-order valence-corrected chi connectivity index (χ1v) is 5.99. The van der Waals surface area contributed by atoms with E-state index in [-0.39, 0.29) is 12.3 Å². The van der Waals surface area contributed by atoms with Crippen LogP contribution in [0.25, 0.3) is 11.0 Å². The molecule has 1 fully saturated rings. The van der Waals surface area contributed by atoms with E-state index in [4.69, 9.17) is 9.47 Å². The zero-order chi connectivity index (χ0) is 13.3. The molecule has 0 aliphatic carbocycles. The highest BCUT2D eigenvalue weighted by molar-refractivity contribution is 5.89. The molecular formula is C13H13N3O3. The Morgan fingerprint density at radius 2 is 2.16 bits per heavy atom. The molecule has 0 unspecified atom stereocenters. The van der Waals surface area contributed by atoms with E-state index in [0.717, 1.165) is 0 Å². The van der Waals surface area contributed by atoms with Crippen LogP contribution in [0.3, 0.4) is 0 Å².